The minimum Gasteiger partial charge on any atom is -1.00 e. The molecule has 0 aromatic carbocycles. The molecule has 7 aromatic rings. The second kappa shape index (κ2) is 47.8. The molecule has 779 valence electrons. The van der Waals surface area contributed by atoms with Gasteiger partial charge in [-0.15, -0.1) is 0 Å². The summed E-state index contributed by atoms with van der Waals surface area (Å²) in [6.07, 6.45) is 21.8. The fraction of sp³-hybridized carbons (Fsp3) is 0.590. The summed E-state index contributed by atoms with van der Waals surface area (Å²) in [7, 11) is 0. The van der Waals surface area contributed by atoms with E-state index in [9.17, 15) is 58.8 Å². The standard InChI is InChI=1S/2C16H21ClN2O3.3C16H19ClN2O3.2C11H13ClN2O.C3H8.B.Na.H/c5*1-16(2,3)22-15(21)19-10-5-6-11(19)14(20)13(10)9-4-7-12(17)18-8-9;2*12-9-4-1-6(5-13-9)10-7-2-3-8(14-7)11(10)15;1-3-2;;;/h2*4,7-8,10-11,13-14,20H,5-6H2,1-3H3;3*4,7-8,10-11,13H,5-6H2,1-3H3;2*1,4-5,7-8,10-11,14-15H,2-3H2;3H2,1-2H3;;;/q;;;;;;;;;+1;-1. The fourth-order valence-corrected chi connectivity index (χ4v) is 23.8. The number of Topliss-reactive ketones (excluding diaryl/α,β-unsaturated/α-hetero) is 3. The molecule has 31 nitrogen and oxygen atoms in total. The molecule has 5 amide bonds. The van der Waals surface area contributed by atoms with Crippen molar-refractivity contribution in [1.29, 1.82) is 0 Å². The summed E-state index contributed by atoms with van der Waals surface area (Å²) >= 11 is 40.6. The molecule has 40 heteroatoms. The van der Waals surface area contributed by atoms with E-state index in [0.29, 0.717) is 67.4 Å². The number of carbonyl (C=O) groups is 8. The monoisotopic (exact) mass is 2140 g/mol. The molecule has 25 unspecified atom stereocenters. The maximum absolute atomic E-state index is 12.6. The molecule has 0 spiro atoms. The van der Waals surface area contributed by atoms with E-state index >= 15 is 0 Å². The van der Waals surface area contributed by atoms with Crippen molar-refractivity contribution in [2.45, 2.75) is 392 Å². The first-order chi connectivity index (χ1) is 67.3. The molecule has 6 N–H and O–H groups in total. The number of amides is 5. The van der Waals surface area contributed by atoms with Crippen molar-refractivity contribution in [2.75, 3.05) is 0 Å². The summed E-state index contributed by atoms with van der Waals surface area (Å²) in [5.41, 5.74) is 3.66. The summed E-state index contributed by atoms with van der Waals surface area (Å²) < 4.78 is 27.3. The first-order valence-corrected chi connectivity index (χ1v) is 52.2. The van der Waals surface area contributed by atoms with Crippen LogP contribution in [0.1, 0.15) is 296 Å². The van der Waals surface area contributed by atoms with Gasteiger partial charge in [0, 0.05) is 130 Å². The molecule has 21 rings (SSSR count). The zero-order chi connectivity index (χ0) is 104. The molecule has 14 saturated heterocycles. The maximum atomic E-state index is 12.6. The Morgan fingerprint density at radius 1 is 0.297 bits per heavy atom. The number of fused-ring (bicyclic) bond motifs is 14. The van der Waals surface area contributed by atoms with Crippen LogP contribution in [0, 0.1) is 0 Å². The van der Waals surface area contributed by atoms with E-state index in [-0.39, 0.29) is 195 Å². The van der Waals surface area contributed by atoms with Gasteiger partial charge in [-0.2, -0.15) is 0 Å². The number of halogens is 7. The van der Waals surface area contributed by atoms with Crippen molar-refractivity contribution in [2.24, 2.45) is 0 Å². The smallest absolute Gasteiger partial charge is 1.00 e. The van der Waals surface area contributed by atoms with Gasteiger partial charge in [0.05, 0.1) is 72.4 Å². The number of nitrogens with one attached hydrogen (secondary N) is 2. The van der Waals surface area contributed by atoms with Crippen LogP contribution in [0.3, 0.4) is 0 Å². The minimum absolute atomic E-state index is 0. The fourth-order valence-electron chi connectivity index (χ4n) is 23.1. The van der Waals surface area contributed by atoms with Gasteiger partial charge in [0.2, 0.25) is 0 Å². The number of rotatable bonds is 7. The normalized spacial score (nSPS) is 29.9. The quantitative estimate of drug-likeness (QED) is 0.0490. The second-order valence-electron chi connectivity index (χ2n) is 44.1. The molecule has 3 radical (unpaired) electrons. The van der Waals surface area contributed by atoms with Gasteiger partial charge in [0.25, 0.3) is 0 Å². The molecule has 0 saturated carbocycles. The third kappa shape index (κ3) is 26.9. The molecule has 25 atom stereocenters. The predicted molar refractivity (Wildman–Crippen MR) is 550 cm³/mol. The summed E-state index contributed by atoms with van der Waals surface area (Å²) in [5.74, 6) is -0.624. The predicted octanol–water partition coefficient (Wildman–Crippen LogP) is 16.2. The molecule has 14 bridgehead atoms. The first kappa shape index (κ1) is 116. The van der Waals surface area contributed by atoms with Gasteiger partial charge in [0.1, 0.15) is 64.1 Å². The first-order valence-electron chi connectivity index (χ1n) is 49.5. The Kier molecular flexibility index (Phi) is 38.3. The zero-order valence-electron chi connectivity index (χ0n) is 86.4. The molecule has 145 heavy (non-hydrogen) atoms. The minimum atomic E-state index is -0.589. The average molecular weight is 2150 g/mol. The second-order valence-corrected chi connectivity index (χ2v) is 46.8. The molecular weight excluding hydrogens is 2010 g/mol. The van der Waals surface area contributed by atoms with Crippen LogP contribution in [-0.4, -0.2) is 273 Å². The van der Waals surface area contributed by atoms with E-state index in [1.54, 1.807) is 110 Å². The number of aromatic nitrogens is 7. The molecular formula is C105H134BCl7N14NaO17. The number of hydrogen-bond donors (Lipinski definition) is 6. The van der Waals surface area contributed by atoms with Crippen LogP contribution < -0.4 is 40.2 Å². The van der Waals surface area contributed by atoms with E-state index in [4.69, 9.17) is 105 Å². The number of ketones is 3. The maximum Gasteiger partial charge on any atom is 1.00 e. The topological polar surface area (TPSA) is 394 Å². The Hall–Kier alpha value is -7.74. The van der Waals surface area contributed by atoms with Crippen LogP contribution in [0.25, 0.3) is 0 Å². The largest absolute Gasteiger partial charge is 1.00 e. The summed E-state index contributed by atoms with van der Waals surface area (Å²) in [5, 5.41) is 51.3. The number of aliphatic hydroxyl groups is 4. The van der Waals surface area contributed by atoms with Gasteiger partial charge in [-0.25, -0.2) is 58.9 Å². The van der Waals surface area contributed by atoms with Crippen LogP contribution in [0.15, 0.2) is 128 Å². The molecule has 14 fully saturated rings. The Morgan fingerprint density at radius 3 is 0.690 bits per heavy atom. The van der Waals surface area contributed by atoms with Crippen molar-refractivity contribution in [3.63, 3.8) is 0 Å². The molecule has 0 aliphatic carbocycles. The Bertz CT molecular complexity index is 5210. The number of nitrogens with zero attached hydrogens (tertiary/aromatic N) is 12. The number of ether oxygens (including phenoxy) is 5. The van der Waals surface area contributed by atoms with Crippen LogP contribution >= 0.6 is 81.2 Å². The van der Waals surface area contributed by atoms with Crippen molar-refractivity contribution >= 4 is 137 Å². The van der Waals surface area contributed by atoms with E-state index in [1.807, 2.05) is 146 Å². The van der Waals surface area contributed by atoms with Crippen LogP contribution in [0.5, 0.6) is 0 Å². The van der Waals surface area contributed by atoms with Crippen LogP contribution in [-0.2, 0) is 38.1 Å². The third-order valence-corrected chi connectivity index (χ3v) is 30.0. The summed E-state index contributed by atoms with van der Waals surface area (Å²) in [6, 6.07) is 24.5. The Labute approximate surface area is 909 Å². The number of carbonyl (C=O) groups excluding carboxylic acids is 8. The zero-order valence-corrected chi connectivity index (χ0v) is 92.6. The third-order valence-electron chi connectivity index (χ3n) is 28.4. The van der Waals surface area contributed by atoms with Gasteiger partial charge < -0.3 is 56.2 Å². The number of hydrogen-bond acceptors (Lipinski definition) is 26. The molecule has 7 aromatic heterocycles. The van der Waals surface area contributed by atoms with Crippen LogP contribution in [0.4, 0.5) is 24.0 Å². The average Bonchev–Trinajstić information content (AvgIpc) is 1.59. The van der Waals surface area contributed by atoms with Crippen molar-refractivity contribution in [3.8, 4) is 0 Å². The Balaban J connectivity index is 0.000000161. The van der Waals surface area contributed by atoms with Crippen molar-refractivity contribution in [3.05, 3.63) is 203 Å². The van der Waals surface area contributed by atoms with E-state index in [0.717, 1.165) is 110 Å². The molecule has 14 aliphatic rings. The van der Waals surface area contributed by atoms with Gasteiger partial charge in [0.15, 0.2) is 17.3 Å². The number of aliphatic hydroxyl groups excluding tert-OH is 4. The molecule has 14 aliphatic heterocycles. The van der Waals surface area contributed by atoms with Crippen molar-refractivity contribution in [1.82, 2.24) is 70.0 Å². The van der Waals surface area contributed by atoms with E-state index in [1.165, 1.54) is 6.42 Å². The van der Waals surface area contributed by atoms with Gasteiger partial charge in [-0.3, -0.25) is 38.9 Å². The SMILES string of the molecule is CC(C)(C)OC(=O)N1C2CCC1C(c1ccc(Cl)nc1)C2=O.CC(C)(C)OC(=O)N1C2CCC1C(c1ccc(Cl)nc1)C2=O.CC(C)(C)OC(=O)N1C2CCC1C(c1ccc(Cl)nc1)C2=O.CC(C)(C)OC(=O)N1C2CCC1C(c1ccc(Cl)nc1)C2O.CC(C)(C)OC(=O)N1C2CCC1C(c1ccc(Cl)nc1)C2O.CCC.OC1C2CCC(N2)C1c1ccc(Cl)nc1.OC1C2CCC(N2)C1c1ccc(Cl)nc1.[B].[H-].[Na+]. The van der Waals surface area contributed by atoms with Gasteiger partial charge in [-0.05, 0) is 275 Å². The van der Waals surface area contributed by atoms with E-state index in [2.05, 4.69) is 59.4 Å². The summed E-state index contributed by atoms with van der Waals surface area (Å²) in [6.45, 7) is 31.8. The van der Waals surface area contributed by atoms with Crippen molar-refractivity contribution < 1.29 is 113 Å². The Morgan fingerprint density at radius 2 is 0.490 bits per heavy atom. The summed E-state index contributed by atoms with van der Waals surface area (Å²) in [4.78, 5) is 137. The van der Waals surface area contributed by atoms with Gasteiger partial charge in [-0.1, -0.05) is 144 Å². The molecule has 21 heterocycles. The van der Waals surface area contributed by atoms with E-state index < -0.39 is 58.5 Å². The van der Waals surface area contributed by atoms with Gasteiger partial charge >= 0.3 is 60.0 Å². The number of pyridine rings is 7. The van der Waals surface area contributed by atoms with Crippen LogP contribution in [0.2, 0.25) is 36.1 Å².